The van der Waals surface area contributed by atoms with Crippen LogP contribution >= 0.6 is 11.8 Å². The highest BCUT2D eigenvalue weighted by atomic mass is 32.2. The number of halogens is 1. The topological polar surface area (TPSA) is 101 Å². The molecule has 0 spiro atoms. The molecule has 0 radical (unpaired) electrons. The fourth-order valence-electron chi connectivity index (χ4n) is 1.75. The molecule has 0 saturated heterocycles. The van der Waals surface area contributed by atoms with Crippen molar-refractivity contribution in [2.24, 2.45) is 0 Å². The second kappa shape index (κ2) is 7.05. The van der Waals surface area contributed by atoms with Crippen LogP contribution in [-0.2, 0) is 10.0 Å². The Balaban J connectivity index is 3.32. The summed E-state index contributed by atoms with van der Waals surface area (Å²) in [6.07, 6.45) is 1.82. The van der Waals surface area contributed by atoms with E-state index in [4.69, 9.17) is 0 Å². The zero-order chi connectivity index (χ0) is 16.2. The highest BCUT2D eigenvalue weighted by Crippen LogP contribution is 2.29. The van der Waals surface area contributed by atoms with E-state index in [1.165, 1.54) is 18.8 Å². The molecule has 0 saturated carbocycles. The fraction of sp³-hybridized carbons (Fsp3) is 0.455. The Morgan fingerprint density at radius 3 is 2.57 bits per heavy atom. The van der Waals surface area contributed by atoms with Gasteiger partial charge in [-0.15, -0.1) is 0 Å². The Hall–Kier alpha value is -1.39. The summed E-state index contributed by atoms with van der Waals surface area (Å²) in [5.41, 5.74) is -0.682. The van der Waals surface area contributed by atoms with Gasteiger partial charge in [-0.05, 0) is 13.2 Å². The summed E-state index contributed by atoms with van der Waals surface area (Å²) in [5, 5.41) is 13.2. The predicted octanol–water partition coefficient (Wildman–Crippen LogP) is 1.81. The van der Waals surface area contributed by atoms with Gasteiger partial charge in [-0.2, -0.15) is 11.8 Å². The van der Waals surface area contributed by atoms with Crippen molar-refractivity contribution in [1.82, 2.24) is 4.72 Å². The number of hydrogen-bond acceptors (Lipinski definition) is 6. The Morgan fingerprint density at radius 2 is 2.10 bits per heavy atom. The molecule has 1 unspecified atom stereocenters. The van der Waals surface area contributed by atoms with Crippen molar-refractivity contribution < 1.29 is 17.7 Å². The highest BCUT2D eigenvalue weighted by molar-refractivity contribution is 7.98. The molecule has 1 atom stereocenters. The second-order valence-corrected chi connectivity index (χ2v) is 6.85. The standard InChI is InChI=1S/C11H16FN3O4S2/c1-7(6-20-3)14-21(18,19)11-9(12)4-8(15(16)17)5-10(11)13-2/h4-5,7,13-14H,6H2,1-3H3. The van der Waals surface area contributed by atoms with Crippen molar-refractivity contribution in [1.29, 1.82) is 0 Å². The molecule has 2 N–H and O–H groups in total. The van der Waals surface area contributed by atoms with E-state index in [-0.39, 0.29) is 5.69 Å². The molecule has 118 valence electrons. The SMILES string of the molecule is CNc1cc([N+](=O)[O-])cc(F)c1S(=O)(=O)NC(C)CSC. The quantitative estimate of drug-likeness (QED) is 0.581. The van der Waals surface area contributed by atoms with Crippen molar-refractivity contribution in [2.45, 2.75) is 17.9 Å². The first-order valence-electron chi connectivity index (χ1n) is 5.90. The lowest BCUT2D eigenvalue weighted by molar-refractivity contribution is -0.385. The van der Waals surface area contributed by atoms with Gasteiger partial charge in [0.05, 0.1) is 16.7 Å². The minimum Gasteiger partial charge on any atom is -0.387 e. The van der Waals surface area contributed by atoms with E-state index < -0.39 is 37.4 Å². The van der Waals surface area contributed by atoms with Gasteiger partial charge in [0.2, 0.25) is 10.0 Å². The first-order valence-corrected chi connectivity index (χ1v) is 8.77. The molecule has 7 nitrogen and oxygen atoms in total. The van der Waals surface area contributed by atoms with Crippen LogP contribution in [0.25, 0.3) is 0 Å². The van der Waals surface area contributed by atoms with Crippen LogP contribution in [0.4, 0.5) is 15.8 Å². The Morgan fingerprint density at radius 1 is 1.48 bits per heavy atom. The molecule has 0 fully saturated rings. The normalized spacial score (nSPS) is 13.0. The lowest BCUT2D eigenvalue weighted by Crippen LogP contribution is -2.35. The number of sulfonamides is 1. The summed E-state index contributed by atoms with van der Waals surface area (Å²) in [5.74, 6) is -0.652. The lowest BCUT2D eigenvalue weighted by Gasteiger charge is -2.16. The van der Waals surface area contributed by atoms with Gasteiger partial charge in [0.25, 0.3) is 5.69 Å². The minimum absolute atomic E-state index is 0.162. The second-order valence-electron chi connectivity index (χ2n) is 4.29. The molecule has 0 aromatic heterocycles. The van der Waals surface area contributed by atoms with Crippen molar-refractivity contribution >= 4 is 33.2 Å². The fourth-order valence-corrected chi connectivity index (χ4v) is 3.94. The molecule has 0 aliphatic rings. The summed E-state index contributed by atoms with van der Waals surface area (Å²) < 4.78 is 40.8. The molecule has 0 heterocycles. The van der Waals surface area contributed by atoms with Crippen LogP contribution in [0.5, 0.6) is 0 Å². The smallest absolute Gasteiger partial charge is 0.274 e. The van der Waals surface area contributed by atoms with Crippen LogP contribution in [0.2, 0.25) is 0 Å². The molecule has 0 aliphatic heterocycles. The molecular weight excluding hydrogens is 321 g/mol. The van der Waals surface area contributed by atoms with Gasteiger partial charge in [0.15, 0.2) is 5.82 Å². The molecule has 0 aliphatic carbocycles. The summed E-state index contributed by atoms with van der Waals surface area (Å²) in [7, 11) is -2.76. The monoisotopic (exact) mass is 337 g/mol. The average molecular weight is 337 g/mol. The van der Waals surface area contributed by atoms with Crippen LogP contribution in [0, 0.1) is 15.9 Å². The van der Waals surface area contributed by atoms with Crippen LogP contribution in [0.3, 0.4) is 0 Å². The molecule has 0 bridgehead atoms. The van der Waals surface area contributed by atoms with Gasteiger partial charge < -0.3 is 5.32 Å². The van der Waals surface area contributed by atoms with Gasteiger partial charge >= 0.3 is 0 Å². The molecule has 1 rings (SSSR count). The molecular formula is C11H16FN3O4S2. The minimum atomic E-state index is -4.12. The van der Waals surface area contributed by atoms with E-state index in [0.717, 1.165) is 6.07 Å². The van der Waals surface area contributed by atoms with Crippen molar-refractivity contribution in [3.63, 3.8) is 0 Å². The van der Waals surface area contributed by atoms with E-state index in [1.54, 1.807) is 6.92 Å². The van der Waals surface area contributed by atoms with E-state index in [9.17, 15) is 22.9 Å². The van der Waals surface area contributed by atoms with Crippen molar-refractivity contribution in [2.75, 3.05) is 24.4 Å². The van der Waals surface area contributed by atoms with Crippen LogP contribution in [0.1, 0.15) is 6.92 Å². The van der Waals surface area contributed by atoms with Gasteiger partial charge in [0, 0.05) is 24.9 Å². The van der Waals surface area contributed by atoms with Crippen LogP contribution in [-0.4, -0.2) is 38.4 Å². The zero-order valence-electron chi connectivity index (χ0n) is 11.7. The van der Waals surface area contributed by atoms with E-state index in [1.807, 2.05) is 6.26 Å². The van der Waals surface area contributed by atoms with Gasteiger partial charge in [0.1, 0.15) is 4.90 Å². The summed E-state index contributed by atoms with van der Waals surface area (Å²) in [4.78, 5) is 9.28. The molecule has 0 amide bonds. The maximum Gasteiger partial charge on any atom is 0.274 e. The molecule has 1 aromatic carbocycles. The number of non-ortho nitro benzene ring substituents is 1. The number of nitrogens with zero attached hydrogens (tertiary/aromatic N) is 1. The van der Waals surface area contributed by atoms with Crippen LogP contribution in [0.15, 0.2) is 17.0 Å². The Bertz CT molecular complexity index is 637. The lowest BCUT2D eigenvalue weighted by atomic mass is 10.2. The highest BCUT2D eigenvalue weighted by Gasteiger charge is 2.27. The average Bonchev–Trinajstić information content (AvgIpc) is 2.36. The van der Waals surface area contributed by atoms with E-state index in [2.05, 4.69) is 10.0 Å². The number of nitrogens with one attached hydrogen (secondary N) is 2. The first-order chi connectivity index (χ1) is 9.72. The maximum atomic E-state index is 14.0. The van der Waals surface area contributed by atoms with Gasteiger partial charge in [-0.25, -0.2) is 17.5 Å². The van der Waals surface area contributed by atoms with E-state index >= 15 is 0 Å². The Labute approximate surface area is 126 Å². The number of nitro groups is 1. The summed E-state index contributed by atoms with van der Waals surface area (Å²) in [6.45, 7) is 1.65. The Kier molecular flexibility index (Phi) is 5.93. The van der Waals surface area contributed by atoms with Gasteiger partial charge in [-0.3, -0.25) is 10.1 Å². The molecule has 1 aromatic rings. The predicted molar refractivity (Wildman–Crippen MR) is 80.8 cm³/mol. The maximum absolute atomic E-state index is 14.0. The third-order valence-electron chi connectivity index (χ3n) is 2.55. The number of thioether (sulfide) groups is 1. The molecule has 21 heavy (non-hydrogen) atoms. The third-order valence-corrected chi connectivity index (χ3v) is 5.05. The number of benzene rings is 1. The zero-order valence-corrected chi connectivity index (χ0v) is 13.3. The van der Waals surface area contributed by atoms with Crippen molar-refractivity contribution in [3.05, 3.63) is 28.1 Å². The number of nitro benzene ring substituents is 1. The number of rotatable bonds is 7. The summed E-state index contributed by atoms with van der Waals surface area (Å²) >= 11 is 1.44. The first kappa shape index (κ1) is 17.7. The van der Waals surface area contributed by atoms with Crippen molar-refractivity contribution in [3.8, 4) is 0 Å². The van der Waals surface area contributed by atoms with Gasteiger partial charge in [-0.1, -0.05) is 0 Å². The molecule has 10 heteroatoms. The number of hydrogen-bond donors (Lipinski definition) is 2. The summed E-state index contributed by atoms with van der Waals surface area (Å²) in [6, 6.07) is 1.18. The van der Waals surface area contributed by atoms with Crippen LogP contribution < -0.4 is 10.0 Å². The third kappa shape index (κ3) is 4.29. The van der Waals surface area contributed by atoms with E-state index in [0.29, 0.717) is 11.8 Å². The largest absolute Gasteiger partial charge is 0.387 e. The number of anilines is 1.